The number of allylic oxidation sites excluding steroid dienone is 2. The third-order valence-electron chi connectivity index (χ3n) is 7.26. The molecule has 1 aliphatic heterocycles. The van der Waals surface area contributed by atoms with E-state index in [0.29, 0.717) is 24.8 Å². The Balaban J connectivity index is 1.60. The van der Waals surface area contributed by atoms with Crippen LogP contribution in [0.1, 0.15) is 58.8 Å². The average molecular weight is 530 g/mol. The maximum absolute atomic E-state index is 13.1. The van der Waals surface area contributed by atoms with Crippen molar-refractivity contribution in [2.75, 3.05) is 13.2 Å². The smallest absolute Gasteiger partial charge is 0.407 e. The number of carbonyl (C=O) groups is 3. The van der Waals surface area contributed by atoms with Crippen molar-refractivity contribution in [1.29, 1.82) is 0 Å². The second-order valence-electron chi connectivity index (χ2n) is 10.8. The highest BCUT2D eigenvalue weighted by molar-refractivity contribution is 7.86. The Hall–Kier alpha value is -2.18. The van der Waals surface area contributed by atoms with Crippen LogP contribution in [-0.2, 0) is 24.4 Å². The van der Waals surface area contributed by atoms with Crippen molar-refractivity contribution in [3.63, 3.8) is 0 Å². The van der Waals surface area contributed by atoms with Gasteiger partial charge in [0.25, 0.3) is 10.1 Å². The summed E-state index contributed by atoms with van der Waals surface area (Å²) in [6.07, 6.45) is 8.35. The molecule has 0 aromatic rings. The lowest BCUT2D eigenvalue weighted by Gasteiger charge is -2.35. The van der Waals surface area contributed by atoms with Gasteiger partial charge in [-0.25, -0.2) is 4.79 Å². The quantitative estimate of drug-likeness (QED) is 0.197. The summed E-state index contributed by atoms with van der Waals surface area (Å²) in [6.45, 7) is 4.36. The second kappa shape index (κ2) is 12.4. The lowest BCUT2D eigenvalue weighted by Crippen LogP contribution is -2.55. The molecule has 0 radical (unpaired) electrons. The molecule has 2 unspecified atom stereocenters. The molecule has 2 bridgehead atoms. The van der Waals surface area contributed by atoms with Crippen molar-refractivity contribution in [1.82, 2.24) is 16.0 Å². The van der Waals surface area contributed by atoms with Crippen LogP contribution in [0.3, 0.4) is 0 Å². The SMILES string of the molecule is CC(C)C[C@H](NC(=O)OCC1C[C@@H]2C=CC[C@H](C1)C2)C(=O)N[C@@H](C[C@@H]1CCNC1=O)C(O)S(=O)(=O)O. The minimum absolute atomic E-state index is 0.00360. The normalized spacial score (nSPS) is 28.2. The van der Waals surface area contributed by atoms with Crippen LogP contribution in [0.2, 0.25) is 0 Å². The molecule has 1 saturated heterocycles. The van der Waals surface area contributed by atoms with E-state index in [2.05, 4.69) is 28.1 Å². The Bertz CT molecular complexity index is 938. The van der Waals surface area contributed by atoms with E-state index in [1.54, 1.807) is 0 Å². The lowest BCUT2D eigenvalue weighted by atomic mass is 9.71. The van der Waals surface area contributed by atoms with E-state index in [1.165, 1.54) is 6.42 Å². The number of amides is 3. The van der Waals surface area contributed by atoms with Gasteiger partial charge >= 0.3 is 6.09 Å². The zero-order valence-corrected chi connectivity index (χ0v) is 21.7. The number of aliphatic hydroxyl groups excluding tert-OH is 1. The molecule has 0 aromatic carbocycles. The molecule has 11 nitrogen and oxygen atoms in total. The molecule has 3 rings (SSSR count). The van der Waals surface area contributed by atoms with Gasteiger partial charge < -0.3 is 25.8 Å². The maximum atomic E-state index is 13.1. The van der Waals surface area contributed by atoms with Crippen LogP contribution in [-0.4, -0.2) is 66.7 Å². The van der Waals surface area contributed by atoms with E-state index in [9.17, 15) is 32.5 Å². The summed E-state index contributed by atoms with van der Waals surface area (Å²) in [6, 6.07) is -2.50. The van der Waals surface area contributed by atoms with Gasteiger partial charge in [-0.3, -0.25) is 14.1 Å². The fourth-order valence-corrected chi connectivity index (χ4v) is 6.15. The van der Waals surface area contributed by atoms with Crippen molar-refractivity contribution in [2.24, 2.45) is 29.6 Å². The minimum atomic E-state index is -4.91. The summed E-state index contributed by atoms with van der Waals surface area (Å²) in [4.78, 5) is 37.6. The molecule has 0 spiro atoms. The zero-order valence-electron chi connectivity index (χ0n) is 20.9. The molecule has 3 aliphatic rings. The molecule has 7 atom stereocenters. The molecular weight excluding hydrogens is 490 g/mol. The molecule has 0 aromatic heterocycles. The summed E-state index contributed by atoms with van der Waals surface area (Å²) in [5.41, 5.74) is -2.32. The van der Waals surface area contributed by atoms with Crippen molar-refractivity contribution in [2.45, 2.75) is 76.3 Å². The first kappa shape index (κ1) is 28.4. The molecule has 36 heavy (non-hydrogen) atoms. The van der Waals surface area contributed by atoms with E-state index in [4.69, 9.17) is 4.74 Å². The number of alkyl carbamates (subject to hydrolysis) is 1. The molecule has 12 heteroatoms. The highest BCUT2D eigenvalue weighted by Crippen LogP contribution is 2.39. The highest BCUT2D eigenvalue weighted by Gasteiger charge is 2.38. The summed E-state index contributed by atoms with van der Waals surface area (Å²) in [5.74, 6) is -0.300. The van der Waals surface area contributed by atoms with Crippen molar-refractivity contribution < 1.29 is 37.2 Å². The molecule has 204 valence electrons. The van der Waals surface area contributed by atoms with Gasteiger partial charge in [0, 0.05) is 12.5 Å². The summed E-state index contributed by atoms with van der Waals surface area (Å²) in [5, 5.41) is 17.8. The van der Waals surface area contributed by atoms with Gasteiger partial charge in [-0.2, -0.15) is 8.42 Å². The molecule has 1 saturated carbocycles. The van der Waals surface area contributed by atoms with Crippen LogP contribution in [0, 0.1) is 29.6 Å². The number of rotatable bonds is 11. The number of ether oxygens (including phenoxy) is 1. The monoisotopic (exact) mass is 529 g/mol. The first-order valence-corrected chi connectivity index (χ1v) is 14.2. The largest absolute Gasteiger partial charge is 0.449 e. The number of fused-ring (bicyclic) bond motifs is 2. The van der Waals surface area contributed by atoms with E-state index in [0.717, 1.165) is 19.3 Å². The van der Waals surface area contributed by atoms with Gasteiger partial charge in [0.05, 0.1) is 12.6 Å². The third kappa shape index (κ3) is 8.17. The summed E-state index contributed by atoms with van der Waals surface area (Å²) < 4.78 is 38.0. The number of carbonyl (C=O) groups excluding carboxylic acids is 3. The number of aliphatic hydroxyl groups is 1. The Morgan fingerprint density at radius 1 is 1.22 bits per heavy atom. The van der Waals surface area contributed by atoms with Crippen LogP contribution < -0.4 is 16.0 Å². The third-order valence-corrected chi connectivity index (χ3v) is 8.20. The van der Waals surface area contributed by atoms with Crippen molar-refractivity contribution in [3.8, 4) is 0 Å². The Kier molecular flexibility index (Phi) is 9.76. The first-order valence-electron chi connectivity index (χ1n) is 12.7. The van der Waals surface area contributed by atoms with Crippen LogP contribution in [0.4, 0.5) is 4.79 Å². The maximum Gasteiger partial charge on any atom is 0.407 e. The fourth-order valence-electron chi connectivity index (χ4n) is 5.56. The van der Waals surface area contributed by atoms with Gasteiger partial charge in [0.2, 0.25) is 17.3 Å². The average Bonchev–Trinajstić information content (AvgIpc) is 3.19. The molecular formula is C24H39N3O8S. The molecule has 2 fully saturated rings. The van der Waals surface area contributed by atoms with E-state index >= 15 is 0 Å². The predicted octanol–water partition coefficient (Wildman–Crippen LogP) is 1.34. The van der Waals surface area contributed by atoms with Gasteiger partial charge in [0.1, 0.15) is 6.04 Å². The van der Waals surface area contributed by atoms with Gasteiger partial charge in [-0.15, -0.1) is 0 Å². The Labute approximate surface area is 212 Å². The van der Waals surface area contributed by atoms with Crippen LogP contribution in [0.15, 0.2) is 12.2 Å². The second-order valence-corrected chi connectivity index (χ2v) is 12.3. The molecule has 1 heterocycles. The lowest BCUT2D eigenvalue weighted by molar-refractivity contribution is -0.126. The first-order chi connectivity index (χ1) is 16.9. The standard InChI is InChI=1S/C24H39N3O8S/c1-14(2)8-19(27-24(31)35-13-17-10-15-4-3-5-16(9-15)11-17)22(29)26-20(23(30)36(32,33)34)12-18-6-7-25-21(18)28/h3-4,14-20,23,30H,5-13H2,1-2H3,(H,25,28)(H,26,29)(H,27,31)(H,32,33,34)/t15-,16+,17?,18+,19+,20+,23?/m1/s1. The van der Waals surface area contributed by atoms with E-state index in [1.807, 2.05) is 13.8 Å². The van der Waals surface area contributed by atoms with Gasteiger partial charge in [-0.1, -0.05) is 26.0 Å². The van der Waals surface area contributed by atoms with E-state index < -0.39 is 45.6 Å². The predicted molar refractivity (Wildman–Crippen MR) is 131 cm³/mol. The topological polar surface area (TPSA) is 171 Å². The number of hydrogen-bond acceptors (Lipinski definition) is 7. The zero-order chi connectivity index (χ0) is 26.5. The summed E-state index contributed by atoms with van der Waals surface area (Å²) in [7, 11) is -4.91. The number of nitrogens with one attached hydrogen (secondary N) is 3. The van der Waals surface area contributed by atoms with E-state index in [-0.39, 0.29) is 37.2 Å². The highest BCUT2D eigenvalue weighted by atomic mass is 32.2. The van der Waals surface area contributed by atoms with Crippen molar-refractivity contribution in [3.05, 3.63) is 12.2 Å². The van der Waals surface area contributed by atoms with Crippen LogP contribution in [0.5, 0.6) is 0 Å². The molecule has 5 N–H and O–H groups in total. The molecule has 3 amide bonds. The molecule has 2 aliphatic carbocycles. The Morgan fingerprint density at radius 3 is 2.58 bits per heavy atom. The van der Waals surface area contributed by atoms with Gasteiger partial charge in [-0.05, 0) is 68.6 Å². The van der Waals surface area contributed by atoms with Gasteiger partial charge in [0.15, 0.2) is 0 Å². The fraction of sp³-hybridized carbons (Fsp3) is 0.792. The summed E-state index contributed by atoms with van der Waals surface area (Å²) >= 11 is 0. The minimum Gasteiger partial charge on any atom is -0.449 e. The number of hydrogen-bond donors (Lipinski definition) is 5. The Morgan fingerprint density at radius 2 is 1.97 bits per heavy atom. The van der Waals surface area contributed by atoms with Crippen molar-refractivity contribution >= 4 is 28.0 Å². The van der Waals surface area contributed by atoms with Crippen LogP contribution in [0.25, 0.3) is 0 Å². The van der Waals surface area contributed by atoms with Crippen LogP contribution >= 0.6 is 0 Å².